The van der Waals surface area contributed by atoms with Gasteiger partial charge in [0.25, 0.3) is 0 Å². The number of aliphatic carboxylic acids is 4. The SMILES string of the molecule is CCCCCCCCCC(=O)NC(Cc1c[nH]c2ccccc12)C(=O)NC(CC(N)=O)C(=O)NC(CC(=O)O)C(=O)NC1C(=O)NCC(=O)NC(CCCN)C(=O)NC(CC(=O)O)C(=O)NC(C)C(=O)NC(C(OC)C(=O)O)C(=O)NCC(=O)NC(CC(N)=O)C(=O)NC(C(C)CC(=O)O)C(=O)NC(C(C)CC)C(=O)OC1C. The first-order valence-electron chi connectivity index (χ1n) is 36.6. The standard InChI is InChI=1S/C70H105N17O26/c1-8-10-11-12-13-14-15-22-48(90)79-41(25-37-30-74-39-20-17-16-19-38(37)39)62(102)81-43(27-47(73)89)63(103)83-45(29-53(97)98)65(105)86-56-36(6)113-70(111)55(33(3)9-2)85-68(108)54(34(4)24-51(93)94)84-64(104)42(26-46(72)88)80-50(92)32-76-67(107)57(58(112-7)69(109)110)87-59(99)35(5)77-61(101)44(28-52(95)96)82-60(100)40(21-18-23-71)78-49(91)31-75-66(56)106/h16-17,19-20,30,33-36,40-45,54-58,74H,8-15,18,21-29,31-32,71H2,1-7H3,(H2,72,88)(H2,73,89)(H,75,106)(H,76,107)(H,77,101)(H,78,91)(H,79,90)(H,80,92)(H,81,102)(H,82,100)(H,83,103)(H,84,104)(H,85,108)(H,86,105)(H,87,99)(H,93,94)(H,95,96)(H,97,98)(H,109,110). The molecule has 0 aliphatic carbocycles. The molecule has 3 rings (SSSR count). The topological polar surface area (TPSA) is 691 Å². The zero-order chi connectivity index (χ0) is 84.9. The van der Waals surface area contributed by atoms with E-state index in [0.29, 0.717) is 29.3 Å². The molecule has 1 aliphatic heterocycles. The van der Waals surface area contributed by atoms with Crippen molar-refractivity contribution in [3.63, 3.8) is 0 Å². The molecule has 43 nitrogen and oxygen atoms in total. The van der Waals surface area contributed by atoms with Crippen molar-refractivity contribution in [3.05, 3.63) is 36.0 Å². The molecule has 626 valence electrons. The van der Waals surface area contributed by atoms with Gasteiger partial charge in [-0.1, -0.05) is 90.8 Å². The van der Waals surface area contributed by atoms with E-state index in [0.717, 1.165) is 60.0 Å². The number of para-hydroxylation sites is 1. The number of benzene rings is 1. The van der Waals surface area contributed by atoms with E-state index in [1.165, 1.54) is 13.8 Å². The van der Waals surface area contributed by atoms with Gasteiger partial charge in [0, 0.05) is 37.1 Å². The van der Waals surface area contributed by atoms with Crippen molar-refractivity contribution in [2.45, 2.75) is 229 Å². The number of carboxylic acids is 4. The fourth-order valence-electron chi connectivity index (χ4n) is 11.6. The minimum atomic E-state index is -2.34. The van der Waals surface area contributed by atoms with Gasteiger partial charge in [0.05, 0.1) is 45.2 Å². The summed E-state index contributed by atoms with van der Waals surface area (Å²) < 4.78 is 10.6. The van der Waals surface area contributed by atoms with Crippen molar-refractivity contribution < 1.29 is 126 Å². The number of fused-ring (bicyclic) bond motifs is 1. The van der Waals surface area contributed by atoms with Crippen molar-refractivity contribution in [3.8, 4) is 0 Å². The molecule has 24 N–H and O–H groups in total. The second kappa shape index (κ2) is 48.0. The number of carbonyl (C=O) groups excluding carboxylic acids is 16. The average molecular weight is 1600 g/mol. The number of carboxylic acid groups (broad SMARTS) is 4. The molecule has 0 radical (unpaired) electrons. The number of methoxy groups -OCH3 is 1. The normalized spacial score (nSPS) is 22.0. The quantitative estimate of drug-likeness (QED) is 0.0223. The van der Waals surface area contributed by atoms with Gasteiger partial charge in [-0.05, 0) is 63.1 Å². The van der Waals surface area contributed by atoms with Crippen LogP contribution in [0.2, 0.25) is 0 Å². The Morgan fingerprint density at radius 2 is 1.11 bits per heavy atom. The molecule has 1 aromatic carbocycles. The molecular weight excluding hydrogens is 1490 g/mol. The lowest BCUT2D eigenvalue weighted by Crippen LogP contribution is -2.62. The number of H-pyrrole nitrogens is 1. The van der Waals surface area contributed by atoms with Crippen molar-refractivity contribution in [2.75, 3.05) is 26.7 Å². The van der Waals surface area contributed by atoms with Crippen LogP contribution in [-0.2, 0) is 112 Å². The highest BCUT2D eigenvalue weighted by Gasteiger charge is 2.42. The fraction of sp³-hybridized carbons (Fsp3) is 0.600. The molecule has 1 aromatic heterocycles. The van der Waals surface area contributed by atoms with E-state index < -0.39 is 254 Å². The molecule has 1 fully saturated rings. The number of unbranched alkanes of at least 4 members (excludes halogenated alkanes) is 6. The van der Waals surface area contributed by atoms with Gasteiger partial charge in [-0.2, -0.15) is 0 Å². The lowest BCUT2D eigenvalue weighted by atomic mass is 9.94. The van der Waals surface area contributed by atoms with Gasteiger partial charge in [0.15, 0.2) is 6.10 Å². The number of carbonyl (C=O) groups is 20. The largest absolute Gasteiger partial charge is 0.481 e. The van der Waals surface area contributed by atoms with Crippen molar-refractivity contribution in [1.82, 2.24) is 74.1 Å². The zero-order valence-electron chi connectivity index (χ0n) is 63.7. The number of esters is 1. The first-order chi connectivity index (χ1) is 53.2. The highest BCUT2D eigenvalue weighted by Crippen LogP contribution is 2.21. The van der Waals surface area contributed by atoms with Crippen LogP contribution in [0.25, 0.3) is 10.9 Å². The third kappa shape index (κ3) is 32.9. The van der Waals surface area contributed by atoms with Crippen LogP contribution in [0.5, 0.6) is 0 Å². The Morgan fingerprint density at radius 1 is 0.558 bits per heavy atom. The molecule has 43 heteroatoms. The summed E-state index contributed by atoms with van der Waals surface area (Å²) in [7, 11) is 0.796. The van der Waals surface area contributed by atoms with E-state index in [4.69, 9.17) is 26.7 Å². The number of hydrogen-bond acceptors (Lipinski definition) is 23. The Labute approximate surface area is 648 Å². The van der Waals surface area contributed by atoms with Crippen LogP contribution < -0.4 is 86.3 Å². The summed E-state index contributed by atoms with van der Waals surface area (Å²) in [5.41, 5.74) is 17.9. The Balaban J connectivity index is 2.25. The third-order valence-corrected chi connectivity index (χ3v) is 18.0. The predicted octanol–water partition coefficient (Wildman–Crippen LogP) is -5.92. The Morgan fingerprint density at radius 3 is 1.68 bits per heavy atom. The van der Waals surface area contributed by atoms with Crippen LogP contribution in [0.3, 0.4) is 0 Å². The van der Waals surface area contributed by atoms with Crippen molar-refractivity contribution in [2.24, 2.45) is 29.0 Å². The Hall–Kier alpha value is -11.9. The smallest absolute Gasteiger partial charge is 0.335 e. The molecule has 113 heavy (non-hydrogen) atoms. The number of amides is 15. The zero-order valence-corrected chi connectivity index (χ0v) is 63.7. The monoisotopic (exact) mass is 1600 g/mol. The maximum absolute atomic E-state index is 14.7. The van der Waals surface area contributed by atoms with Crippen LogP contribution in [0.1, 0.15) is 150 Å². The van der Waals surface area contributed by atoms with E-state index in [1.54, 1.807) is 30.5 Å². The number of nitrogens with one attached hydrogen (secondary N) is 14. The average Bonchev–Trinajstić information content (AvgIpc) is 1.52. The summed E-state index contributed by atoms with van der Waals surface area (Å²) in [5.74, 6) is -30.5. The summed E-state index contributed by atoms with van der Waals surface area (Å²) in [6, 6.07) is -15.2. The lowest BCUT2D eigenvalue weighted by Gasteiger charge is -2.31. The number of ether oxygens (including phenoxy) is 2. The minimum absolute atomic E-state index is 0.00385. The maximum Gasteiger partial charge on any atom is 0.335 e. The third-order valence-electron chi connectivity index (χ3n) is 18.0. The van der Waals surface area contributed by atoms with Gasteiger partial charge in [0.2, 0.25) is 88.6 Å². The second-order valence-electron chi connectivity index (χ2n) is 27.2. The summed E-state index contributed by atoms with van der Waals surface area (Å²) in [6.07, 6.45) is -2.92. The van der Waals surface area contributed by atoms with Gasteiger partial charge >= 0.3 is 29.8 Å². The number of aromatic amines is 1. The van der Waals surface area contributed by atoms with E-state index in [9.17, 15) is 116 Å². The van der Waals surface area contributed by atoms with Gasteiger partial charge in [-0.3, -0.25) is 86.3 Å². The number of nitrogens with two attached hydrogens (primary N) is 3. The summed E-state index contributed by atoms with van der Waals surface area (Å²) >= 11 is 0. The van der Waals surface area contributed by atoms with E-state index in [-0.39, 0.29) is 38.6 Å². The summed E-state index contributed by atoms with van der Waals surface area (Å²) in [5, 5.41) is 69.1. The van der Waals surface area contributed by atoms with Crippen LogP contribution >= 0.6 is 0 Å². The molecule has 0 saturated carbocycles. The summed E-state index contributed by atoms with van der Waals surface area (Å²) in [4.78, 5) is 275. The minimum Gasteiger partial charge on any atom is -0.481 e. The molecule has 0 bridgehead atoms. The predicted molar refractivity (Wildman–Crippen MR) is 393 cm³/mol. The molecule has 0 spiro atoms. The highest BCUT2D eigenvalue weighted by atomic mass is 16.5. The number of aromatic nitrogens is 1. The number of hydrogen-bond donors (Lipinski definition) is 21. The molecule has 2 heterocycles. The van der Waals surface area contributed by atoms with Crippen molar-refractivity contribution >= 4 is 129 Å². The van der Waals surface area contributed by atoms with E-state index in [1.807, 2.05) is 10.6 Å². The second-order valence-corrected chi connectivity index (χ2v) is 27.2. The Kier molecular flexibility index (Phi) is 40.5. The molecule has 1 saturated heterocycles. The molecule has 2 aromatic rings. The summed E-state index contributed by atoms with van der Waals surface area (Å²) in [6.45, 7) is 5.45. The van der Waals surface area contributed by atoms with E-state index >= 15 is 0 Å². The number of primary amides is 2. The first kappa shape index (κ1) is 95.3. The van der Waals surface area contributed by atoms with Gasteiger partial charge in [-0.25, -0.2) is 9.59 Å². The van der Waals surface area contributed by atoms with Crippen molar-refractivity contribution in [1.29, 1.82) is 0 Å². The maximum atomic E-state index is 14.7. The van der Waals surface area contributed by atoms with Gasteiger partial charge in [0.1, 0.15) is 72.6 Å². The fourth-order valence-corrected chi connectivity index (χ4v) is 11.6. The van der Waals surface area contributed by atoms with Crippen LogP contribution in [0.4, 0.5) is 0 Å². The molecule has 15 unspecified atom stereocenters. The molecule has 15 amide bonds. The Bertz CT molecular complexity index is 3760. The number of rotatable bonds is 36. The number of cyclic esters (lactones) is 1. The molecule has 15 atom stereocenters. The van der Waals surface area contributed by atoms with Gasteiger partial charge in [-0.15, -0.1) is 0 Å². The highest BCUT2D eigenvalue weighted by molar-refractivity contribution is 6.02. The molecule has 1 aliphatic rings. The van der Waals surface area contributed by atoms with E-state index in [2.05, 4.69) is 70.4 Å². The van der Waals surface area contributed by atoms with Crippen LogP contribution in [-0.4, -0.2) is 249 Å². The van der Waals surface area contributed by atoms with Gasteiger partial charge < -0.3 is 121 Å². The molecular formula is C70H105N17O26. The lowest BCUT2D eigenvalue weighted by molar-refractivity contribution is -0.158. The van der Waals surface area contributed by atoms with Crippen LogP contribution in [0.15, 0.2) is 30.5 Å². The first-order valence-corrected chi connectivity index (χ1v) is 36.6. The van der Waals surface area contributed by atoms with Crippen LogP contribution in [0, 0.1) is 11.8 Å².